The van der Waals surface area contributed by atoms with Gasteiger partial charge in [0.15, 0.2) is 0 Å². The Morgan fingerprint density at radius 3 is 2.89 bits per heavy atom. The van der Waals surface area contributed by atoms with Gasteiger partial charge in [0, 0.05) is 13.2 Å². The summed E-state index contributed by atoms with van der Waals surface area (Å²) in [5.41, 5.74) is 5.58. The van der Waals surface area contributed by atoms with Crippen LogP contribution in [0.1, 0.15) is 45.4 Å². The lowest BCUT2D eigenvalue weighted by Gasteiger charge is -2.23. The van der Waals surface area contributed by atoms with Gasteiger partial charge in [0.25, 0.3) is 0 Å². The zero-order valence-corrected chi connectivity index (χ0v) is 11.9. The summed E-state index contributed by atoms with van der Waals surface area (Å²) in [7, 11) is 0. The van der Waals surface area contributed by atoms with E-state index < -0.39 is 0 Å². The average Bonchev–Trinajstić information content (AvgIpc) is 2.36. The van der Waals surface area contributed by atoms with E-state index in [0.717, 1.165) is 38.7 Å². The Kier molecular flexibility index (Phi) is 7.20. The van der Waals surface area contributed by atoms with Crippen molar-refractivity contribution in [2.45, 2.75) is 51.6 Å². The fraction of sp³-hybridized carbons (Fsp3) is 0.846. The van der Waals surface area contributed by atoms with Crippen LogP contribution in [0.4, 0.5) is 0 Å². The fourth-order valence-electron chi connectivity index (χ4n) is 2.21. The van der Waals surface area contributed by atoms with E-state index in [4.69, 9.17) is 22.7 Å². The standard InChI is InChI=1S/C13H24N2O2S/c1-2-5-11(12(14)18)13(16)15-8-7-10-6-3-4-9-17-10/h10-11H,2-9H2,1H3,(H2,14,18)(H,15,16). The van der Waals surface area contributed by atoms with Gasteiger partial charge in [-0.1, -0.05) is 25.6 Å². The summed E-state index contributed by atoms with van der Waals surface area (Å²) in [6.45, 7) is 3.52. The lowest BCUT2D eigenvalue weighted by atomic mass is 10.0. The summed E-state index contributed by atoms with van der Waals surface area (Å²) < 4.78 is 5.61. The van der Waals surface area contributed by atoms with E-state index in [1.54, 1.807) is 0 Å². The molecule has 3 N–H and O–H groups in total. The van der Waals surface area contributed by atoms with E-state index >= 15 is 0 Å². The molecule has 0 bridgehead atoms. The van der Waals surface area contributed by atoms with Crippen molar-refractivity contribution in [3.05, 3.63) is 0 Å². The van der Waals surface area contributed by atoms with Crippen molar-refractivity contribution in [3.8, 4) is 0 Å². The molecule has 1 aliphatic heterocycles. The van der Waals surface area contributed by atoms with Gasteiger partial charge in [-0.2, -0.15) is 0 Å². The Bertz CT molecular complexity index is 278. The number of carbonyl (C=O) groups is 1. The number of carbonyl (C=O) groups excluding carboxylic acids is 1. The first-order valence-electron chi connectivity index (χ1n) is 6.83. The predicted octanol–water partition coefficient (Wildman–Crippen LogP) is 1.76. The minimum Gasteiger partial charge on any atom is -0.393 e. The van der Waals surface area contributed by atoms with Crippen LogP contribution in [0, 0.1) is 5.92 Å². The monoisotopic (exact) mass is 272 g/mol. The van der Waals surface area contributed by atoms with Gasteiger partial charge in [-0.05, 0) is 32.1 Å². The van der Waals surface area contributed by atoms with E-state index in [0.29, 0.717) is 17.6 Å². The molecule has 4 nitrogen and oxygen atoms in total. The molecule has 0 spiro atoms. The zero-order chi connectivity index (χ0) is 13.4. The third-order valence-corrected chi connectivity index (χ3v) is 3.56. The third-order valence-electron chi connectivity index (χ3n) is 3.28. The molecule has 0 aliphatic carbocycles. The van der Waals surface area contributed by atoms with Crippen LogP contribution in [0.25, 0.3) is 0 Å². The number of amides is 1. The minimum atomic E-state index is -0.322. The van der Waals surface area contributed by atoms with Gasteiger partial charge < -0.3 is 15.8 Å². The minimum absolute atomic E-state index is 0.0415. The Balaban J connectivity index is 2.23. The molecule has 2 atom stereocenters. The van der Waals surface area contributed by atoms with E-state index in [-0.39, 0.29) is 11.8 Å². The number of rotatable bonds is 7. The van der Waals surface area contributed by atoms with E-state index in [1.165, 1.54) is 6.42 Å². The molecular weight excluding hydrogens is 248 g/mol. The van der Waals surface area contributed by atoms with E-state index in [1.807, 2.05) is 6.92 Å². The Morgan fingerprint density at radius 1 is 1.56 bits per heavy atom. The largest absolute Gasteiger partial charge is 0.393 e. The summed E-state index contributed by atoms with van der Waals surface area (Å²) >= 11 is 4.93. The second-order valence-electron chi connectivity index (χ2n) is 4.81. The van der Waals surface area contributed by atoms with E-state index in [9.17, 15) is 4.79 Å². The number of nitrogens with one attached hydrogen (secondary N) is 1. The highest BCUT2D eigenvalue weighted by Gasteiger charge is 2.20. The van der Waals surface area contributed by atoms with Crippen LogP contribution in [0.5, 0.6) is 0 Å². The predicted molar refractivity (Wildman–Crippen MR) is 76.4 cm³/mol. The van der Waals surface area contributed by atoms with Crippen molar-refractivity contribution in [1.82, 2.24) is 5.32 Å². The van der Waals surface area contributed by atoms with Crippen LogP contribution in [0.15, 0.2) is 0 Å². The van der Waals surface area contributed by atoms with Crippen molar-refractivity contribution in [1.29, 1.82) is 0 Å². The topological polar surface area (TPSA) is 64.3 Å². The fourth-order valence-corrected chi connectivity index (χ4v) is 2.43. The van der Waals surface area contributed by atoms with Crippen molar-refractivity contribution < 1.29 is 9.53 Å². The molecule has 1 saturated heterocycles. The lowest BCUT2D eigenvalue weighted by Crippen LogP contribution is -2.39. The molecule has 0 aromatic carbocycles. The number of ether oxygens (including phenoxy) is 1. The van der Waals surface area contributed by atoms with Gasteiger partial charge in [-0.15, -0.1) is 0 Å². The second-order valence-corrected chi connectivity index (χ2v) is 5.28. The molecule has 1 amide bonds. The normalized spacial score (nSPS) is 21.3. The Hall–Kier alpha value is -0.680. The second kappa shape index (κ2) is 8.43. The first kappa shape index (κ1) is 15.4. The van der Waals surface area contributed by atoms with E-state index in [2.05, 4.69) is 5.32 Å². The number of thiocarbonyl (C=S) groups is 1. The summed E-state index contributed by atoms with van der Waals surface area (Å²) in [4.78, 5) is 12.2. The maximum atomic E-state index is 11.9. The van der Waals surface area contributed by atoms with Gasteiger partial charge >= 0.3 is 0 Å². The SMILES string of the molecule is CCCC(C(=O)NCCC1CCCCO1)C(N)=S. The molecule has 0 aromatic heterocycles. The van der Waals surface area contributed by atoms with Crippen LogP contribution in [-0.4, -0.2) is 30.2 Å². The molecular formula is C13H24N2O2S. The molecule has 104 valence electrons. The smallest absolute Gasteiger partial charge is 0.229 e. The summed E-state index contributed by atoms with van der Waals surface area (Å²) in [5, 5.41) is 2.91. The molecule has 1 aliphatic rings. The average molecular weight is 272 g/mol. The summed E-state index contributed by atoms with van der Waals surface area (Å²) in [5.74, 6) is -0.363. The Labute approximate surface area is 115 Å². The zero-order valence-electron chi connectivity index (χ0n) is 11.1. The van der Waals surface area contributed by atoms with Crippen LogP contribution in [0.2, 0.25) is 0 Å². The van der Waals surface area contributed by atoms with Crippen molar-refractivity contribution in [3.63, 3.8) is 0 Å². The molecule has 5 heteroatoms. The van der Waals surface area contributed by atoms with Crippen LogP contribution >= 0.6 is 12.2 Å². The molecule has 0 saturated carbocycles. The lowest BCUT2D eigenvalue weighted by molar-refractivity contribution is -0.123. The highest BCUT2D eigenvalue weighted by molar-refractivity contribution is 7.80. The Morgan fingerprint density at radius 2 is 2.33 bits per heavy atom. The van der Waals surface area contributed by atoms with Crippen LogP contribution < -0.4 is 11.1 Å². The summed E-state index contributed by atoms with van der Waals surface area (Å²) in [6, 6.07) is 0. The molecule has 2 unspecified atom stereocenters. The molecule has 0 aromatic rings. The number of hydrogen-bond acceptors (Lipinski definition) is 3. The highest BCUT2D eigenvalue weighted by atomic mass is 32.1. The van der Waals surface area contributed by atoms with Crippen molar-refractivity contribution >= 4 is 23.1 Å². The van der Waals surface area contributed by atoms with Crippen molar-refractivity contribution in [2.24, 2.45) is 11.7 Å². The molecule has 1 heterocycles. The number of hydrogen-bond donors (Lipinski definition) is 2. The van der Waals surface area contributed by atoms with Crippen LogP contribution in [-0.2, 0) is 9.53 Å². The highest BCUT2D eigenvalue weighted by Crippen LogP contribution is 2.15. The molecule has 18 heavy (non-hydrogen) atoms. The first-order valence-corrected chi connectivity index (χ1v) is 7.24. The maximum Gasteiger partial charge on any atom is 0.229 e. The van der Waals surface area contributed by atoms with Gasteiger partial charge in [0.2, 0.25) is 5.91 Å². The van der Waals surface area contributed by atoms with Gasteiger partial charge in [-0.3, -0.25) is 4.79 Å². The van der Waals surface area contributed by atoms with Crippen molar-refractivity contribution in [2.75, 3.05) is 13.2 Å². The maximum absolute atomic E-state index is 11.9. The first-order chi connectivity index (χ1) is 8.65. The number of nitrogens with two attached hydrogens (primary N) is 1. The quantitative estimate of drug-likeness (QED) is 0.693. The molecule has 1 fully saturated rings. The summed E-state index contributed by atoms with van der Waals surface area (Å²) in [6.07, 6.45) is 6.29. The molecule has 0 radical (unpaired) electrons. The van der Waals surface area contributed by atoms with Gasteiger partial charge in [-0.25, -0.2) is 0 Å². The van der Waals surface area contributed by atoms with Gasteiger partial charge in [0.05, 0.1) is 17.0 Å². The van der Waals surface area contributed by atoms with Crippen LogP contribution in [0.3, 0.4) is 0 Å². The third kappa shape index (κ3) is 5.31. The van der Waals surface area contributed by atoms with Gasteiger partial charge in [0.1, 0.15) is 0 Å². The molecule has 1 rings (SSSR count).